The van der Waals surface area contributed by atoms with Crippen LogP contribution in [0.1, 0.15) is 28.5 Å². The maximum Gasteiger partial charge on any atom is 0.330 e. The number of fused-ring (bicyclic) bond motifs is 2. The summed E-state index contributed by atoms with van der Waals surface area (Å²) < 4.78 is 26.1. The topological polar surface area (TPSA) is 141 Å². The molecule has 12 nitrogen and oxygen atoms in total. The van der Waals surface area contributed by atoms with Crippen molar-refractivity contribution in [3.8, 4) is 11.5 Å². The van der Waals surface area contributed by atoms with Gasteiger partial charge in [-0.1, -0.05) is 66.2 Å². The lowest BCUT2D eigenvalue weighted by Gasteiger charge is -2.41. The minimum atomic E-state index is -1.37. The average molecular weight is 684 g/mol. The van der Waals surface area contributed by atoms with Crippen LogP contribution in [0.2, 0.25) is 5.02 Å². The Morgan fingerprint density at radius 3 is 2.08 bits per heavy atom. The van der Waals surface area contributed by atoms with E-state index in [0.29, 0.717) is 22.1 Å². The van der Waals surface area contributed by atoms with Crippen LogP contribution in [0.5, 0.6) is 11.5 Å². The molecule has 49 heavy (non-hydrogen) atoms. The second-order valence-corrected chi connectivity index (χ2v) is 12.5. The van der Waals surface area contributed by atoms with Crippen molar-refractivity contribution in [2.24, 2.45) is 0 Å². The highest BCUT2D eigenvalue weighted by Gasteiger charge is 2.65. The van der Waals surface area contributed by atoms with Gasteiger partial charge in [0.2, 0.25) is 5.95 Å². The summed E-state index contributed by atoms with van der Waals surface area (Å²) in [7, 11) is 3.21. The number of H-pyrrole nitrogens is 1. The summed E-state index contributed by atoms with van der Waals surface area (Å²) in [6.07, 6.45) is 2.16. The molecule has 252 valence electrons. The highest BCUT2D eigenvalue weighted by atomic mass is 35.5. The summed E-state index contributed by atoms with van der Waals surface area (Å²) in [5.74, 6) is 1.64. The molecule has 2 N–H and O–H groups in total. The predicted octanol–water partition coefficient (Wildman–Crippen LogP) is 3.83. The standard InChI is InChI=1S/C36H34ClN5O7/c1-22-19-41(34(45)40-31(22)44)32-29-30(43)35(49-32,20-42(29)33-38-17-26(37)18-39-33)21-48-36(23-7-5-4-6-8-23,24-9-13-27(46-2)14-10-24)25-11-15-28(47-3)16-12-25/h4-19,29-30,32,43H,20-21H2,1-3H3,(H,40,44,45)/t29-,30+,32-,35-/m1/s1. The number of morpholine rings is 1. The van der Waals surface area contributed by atoms with E-state index in [1.807, 2.05) is 78.9 Å². The van der Waals surface area contributed by atoms with E-state index in [1.54, 1.807) is 26.0 Å². The molecule has 2 aliphatic rings. The molecule has 4 heterocycles. The Kier molecular flexibility index (Phi) is 8.49. The molecule has 13 heteroatoms. The van der Waals surface area contributed by atoms with Crippen LogP contribution in [0.25, 0.3) is 0 Å². The summed E-state index contributed by atoms with van der Waals surface area (Å²) >= 11 is 6.11. The van der Waals surface area contributed by atoms with Gasteiger partial charge in [-0.05, 0) is 47.9 Å². The van der Waals surface area contributed by atoms with Crippen molar-refractivity contribution in [2.75, 3.05) is 32.3 Å². The Hall–Kier alpha value is -5.01. The van der Waals surface area contributed by atoms with Crippen molar-refractivity contribution in [3.05, 3.63) is 146 Å². The summed E-state index contributed by atoms with van der Waals surface area (Å²) in [6.45, 7) is 1.59. The Balaban J connectivity index is 1.37. The second kappa shape index (κ2) is 12.8. The number of anilines is 1. The number of methoxy groups -OCH3 is 2. The van der Waals surface area contributed by atoms with E-state index in [-0.39, 0.29) is 19.1 Å². The molecule has 0 aliphatic carbocycles. The zero-order chi connectivity index (χ0) is 34.3. The third kappa shape index (κ3) is 5.56. The van der Waals surface area contributed by atoms with Crippen LogP contribution in [0, 0.1) is 6.92 Å². The van der Waals surface area contributed by atoms with E-state index in [4.69, 9.17) is 30.5 Å². The van der Waals surface area contributed by atoms with Gasteiger partial charge in [0.15, 0.2) is 6.23 Å². The van der Waals surface area contributed by atoms with Crippen molar-refractivity contribution in [1.29, 1.82) is 0 Å². The minimum Gasteiger partial charge on any atom is -0.497 e. The number of benzene rings is 3. The van der Waals surface area contributed by atoms with Crippen molar-refractivity contribution in [1.82, 2.24) is 19.5 Å². The highest BCUT2D eigenvalue weighted by molar-refractivity contribution is 6.30. The fourth-order valence-corrected chi connectivity index (χ4v) is 6.92. The number of ether oxygens (including phenoxy) is 4. The van der Waals surface area contributed by atoms with Gasteiger partial charge in [0.05, 0.1) is 44.8 Å². The van der Waals surface area contributed by atoms with E-state index in [0.717, 1.165) is 16.7 Å². The van der Waals surface area contributed by atoms with Crippen LogP contribution in [0.15, 0.2) is 107 Å². The molecule has 0 saturated carbocycles. The van der Waals surface area contributed by atoms with Crippen LogP contribution in [0.4, 0.5) is 5.95 Å². The number of hydrogen-bond donors (Lipinski definition) is 2. The minimum absolute atomic E-state index is 0.129. The number of aryl methyl sites for hydroxylation is 1. The summed E-state index contributed by atoms with van der Waals surface area (Å²) in [4.78, 5) is 38.4. The Labute approximate surface area is 286 Å². The number of aromatic nitrogens is 4. The molecule has 0 spiro atoms. The number of aliphatic hydroxyl groups excluding tert-OH is 1. The van der Waals surface area contributed by atoms with Crippen LogP contribution in [0.3, 0.4) is 0 Å². The van der Waals surface area contributed by atoms with Gasteiger partial charge >= 0.3 is 5.69 Å². The molecule has 2 bridgehead atoms. The largest absolute Gasteiger partial charge is 0.497 e. The van der Waals surface area contributed by atoms with E-state index in [2.05, 4.69) is 15.0 Å². The molecule has 5 aromatic rings. The lowest BCUT2D eigenvalue weighted by atomic mass is 9.79. The first-order chi connectivity index (χ1) is 23.7. The lowest BCUT2D eigenvalue weighted by Crippen LogP contribution is -2.52. The van der Waals surface area contributed by atoms with Crippen molar-refractivity contribution < 1.29 is 24.1 Å². The number of aliphatic hydroxyl groups is 1. The molecule has 2 fully saturated rings. The van der Waals surface area contributed by atoms with E-state index >= 15 is 0 Å². The molecule has 0 unspecified atom stereocenters. The molecule has 2 aromatic heterocycles. The van der Waals surface area contributed by atoms with Gasteiger partial charge in [-0.15, -0.1) is 0 Å². The smallest absolute Gasteiger partial charge is 0.330 e. The zero-order valence-electron chi connectivity index (χ0n) is 26.9. The van der Waals surface area contributed by atoms with Crippen molar-refractivity contribution >= 4 is 17.5 Å². The van der Waals surface area contributed by atoms with E-state index in [1.165, 1.54) is 23.2 Å². The number of halogens is 1. The van der Waals surface area contributed by atoms with Crippen molar-refractivity contribution in [3.63, 3.8) is 0 Å². The number of nitrogens with one attached hydrogen (secondary N) is 1. The molecule has 0 amide bonds. The first-order valence-corrected chi connectivity index (χ1v) is 16.0. The maximum absolute atomic E-state index is 13.2. The molecule has 2 aliphatic heterocycles. The third-order valence-corrected chi connectivity index (χ3v) is 9.49. The van der Waals surface area contributed by atoms with Gasteiger partial charge in [-0.2, -0.15) is 0 Å². The monoisotopic (exact) mass is 683 g/mol. The van der Waals surface area contributed by atoms with Gasteiger partial charge in [0.1, 0.15) is 34.8 Å². The van der Waals surface area contributed by atoms with Crippen LogP contribution >= 0.6 is 11.6 Å². The van der Waals surface area contributed by atoms with Gasteiger partial charge in [-0.3, -0.25) is 14.3 Å². The van der Waals surface area contributed by atoms with Crippen LogP contribution in [-0.4, -0.2) is 69.7 Å². The normalized spacial score (nSPS) is 21.6. The molecule has 3 aromatic carbocycles. The number of aromatic amines is 1. The fourth-order valence-electron chi connectivity index (χ4n) is 6.82. The van der Waals surface area contributed by atoms with Crippen LogP contribution < -0.4 is 25.6 Å². The lowest BCUT2D eigenvalue weighted by molar-refractivity contribution is -0.159. The fraction of sp³-hybridized carbons (Fsp3) is 0.278. The first kappa shape index (κ1) is 32.5. The van der Waals surface area contributed by atoms with Crippen molar-refractivity contribution in [2.45, 2.75) is 36.5 Å². The summed E-state index contributed by atoms with van der Waals surface area (Å²) in [5, 5.41) is 12.5. The number of hydrogen-bond acceptors (Lipinski definition) is 10. The van der Waals surface area contributed by atoms with Crippen LogP contribution in [-0.2, 0) is 15.1 Å². The molecule has 4 atom stereocenters. The Morgan fingerprint density at radius 2 is 1.51 bits per heavy atom. The maximum atomic E-state index is 13.2. The molecule has 0 radical (unpaired) electrons. The van der Waals surface area contributed by atoms with Gasteiger partial charge < -0.3 is 29.0 Å². The third-order valence-electron chi connectivity index (χ3n) is 9.30. The van der Waals surface area contributed by atoms with Gasteiger partial charge in [-0.25, -0.2) is 14.8 Å². The second-order valence-electron chi connectivity index (χ2n) is 12.1. The molecule has 2 saturated heterocycles. The number of rotatable bonds is 10. The van der Waals surface area contributed by atoms with Gasteiger partial charge in [0, 0.05) is 11.8 Å². The highest BCUT2D eigenvalue weighted by Crippen LogP contribution is 2.50. The van der Waals surface area contributed by atoms with E-state index in [9.17, 15) is 14.7 Å². The van der Waals surface area contributed by atoms with Gasteiger partial charge in [0.25, 0.3) is 5.56 Å². The quantitative estimate of drug-likeness (QED) is 0.209. The Bertz CT molecular complexity index is 2010. The average Bonchev–Trinajstić information content (AvgIpc) is 3.57. The Morgan fingerprint density at radius 1 is 0.939 bits per heavy atom. The molecule has 7 rings (SSSR count). The molecular weight excluding hydrogens is 650 g/mol. The predicted molar refractivity (Wildman–Crippen MR) is 181 cm³/mol. The zero-order valence-corrected chi connectivity index (χ0v) is 27.7. The van der Waals surface area contributed by atoms with E-state index < -0.39 is 40.8 Å². The molecular formula is C36H34ClN5O7. The summed E-state index contributed by atoms with van der Waals surface area (Å²) in [6, 6.07) is 24.2. The summed E-state index contributed by atoms with van der Waals surface area (Å²) in [5.41, 5.74) is -1.04. The first-order valence-electron chi connectivity index (χ1n) is 15.6. The SMILES string of the molecule is COc1ccc(C(OC[C@@]23CN(c4ncc(Cl)cn4)[C@@H]([C@H](n4cc(C)c(=O)[nH]c4=O)O2)[C@@H]3O)(c2ccccc2)c2ccc(OC)cc2)cc1. The number of nitrogens with zero attached hydrogens (tertiary/aromatic N) is 4.